The Labute approximate surface area is 211 Å². The molecule has 0 radical (unpaired) electrons. The number of likely N-dealkylation sites (tertiary alicyclic amines) is 1. The van der Waals surface area contributed by atoms with E-state index in [2.05, 4.69) is 6.07 Å². The largest absolute Gasteiger partial charge is 0.491 e. The number of nitriles is 1. The maximum Gasteiger partial charge on any atom is 0.253 e. The maximum atomic E-state index is 13.3. The molecule has 1 unspecified atom stereocenters. The Hall–Kier alpha value is -3.02. The summed E-state index contributed by atoms with van der Waals surface area (Å²) in [5.74, 6) is 0.711. The number of ether oxygens (including phenoxy) is 2. The van der Waals surface area contributed by atoms with Gasteiger partial charge in [0.25, 0.3) is 12.3 Å². The molecule has 2 heterocycles. The van der Waals surface area contributed by atoms with E-state index in [-0.39, 0.29) is 18.6 Å². The molecule has 0 aliphatic carbocycles. The van der Waals surface area contributed by atoms with Crippen LogP contribution in [0.1, 0.15) is 59.8 Å². The first kappa shape index (κ1) is 26.1. The van der Waals surface area contributed by atoms with Gasteiger partial charge in [-0.15, -0.1) is 0 Å². The molecule has 1 spiro atoms. The highest BCUT2D eigenvalue weighted by Gasteiger charge is 2.44. The number of carbonyl (C=O) groups excluding carboxylic acids is 1. The highest BCUT2D eigenvalue weighted by atomic mass is 19.3. The molecule has 8 heteroatoms. The number of rotatable bonds is 6. The molecule has 0 aromatic heterocycles. The number of aryl methyl sites for hydroxylation is 1. The third-order valence-electron chi connectivity index (χ3n) is 6.86. The van der Waals surface area contributed by atoms with E-state index in [1.165, 1.54) is 0 Å². The van der Waals surface area contributed by atoms with Crippen molar-refractivity contribution < 1.29 is 23.0 Å². The van der Waals surface area contributed by atoms with E-state index in [0.717, 1.165) is 16.9 Å². The maximum absolute atomic E-state index is 13.3. The van der Waals surface area contributed by atoms with Gasteiger partial charge in [0.2, 0.25) is 0 Å². The van der Waals surface area contributed by atoms with Gasteiger partial charge in [0, 0.05) is 31.7 Å². The van der Waals surface area contributed by atoms with Crippen LogP contribution < -0.4 is 4.74 Å². The molecule has 1 amide bonds. The zero-order valence-corrected chi connectivity index (χ0v) is 21.0. The van der Waals surface area contributed by atoms with Gasteiger partial charge in [-0.05, 0) is 75.1 Å². The van der Waals surface area contributed by atoms with Crippen molar-refractivity contribution in [3.63, 3.8) is 0 Å². The molecule has 1 atom stereocenters. The van der Waals surface area contributed by atoms with Gasteiger partial charge in [0.1, 0.15) is 5.75 Å². The molecule has 0 saturated carbocycles. The Morgan fingerprint density at radius 1 is 1.22 bits per heavy atom. The van der Waals surface area contributed by atoms with Crippen LogP contribution in [0, 0.1) is 18.3 Å². The standard InChI is InChI=1S/C28H33F2N3O3/c1-19(2)35-24-8-7-23(13-20(24)3)27(34)33-11-9-28(10-12-33)18-32(17-26(29)30)16-25(36-28)22-6-4-5-21(14-22)15-31/h4-8,13-14,19,25-26H,9-12,16-18H2,1-3H3. The second kappa shape index (κ2) is 10.9. The number of halogens is 2. The monoisotopic (exact) mass is 497 g/mol. The minimum atomic E-state index is -2.45. The third kappa shape index (κ3) is 6.03. The molecule has 0 N–H and O–H groups in total. The summed E-state index contributed by atoms with van der Waals surface area (Å²) in [6.45, 7) is 7.22. The minimum absolute atomic E-state index is 0.0508. The average molecular weight is 498 g/mol. The number of alkyl halides is 2. The quantitative estimate of drug-likeness (QED) is 0.564. The molecule has 2 aliphatic heterocycles. The molecule has 6 nitrogen and oxygen atoms in total. The molecule has 2 saturated heterocycles. The number of amides is 1. The summed E-state index contributed by atoms with van der Waals surface area (Å²) >= 11 is 0. The van der Waals surface area contributed by atoms with Crippen LogP contribution in [0.5, 0.6) is 5.75 Å². The minimum Gasteiger partial charge on any atom is -0.491 e. The summed E-state index contributed by atoms with van der Waals surface area (Å²) in [5, 5.41) is 9.27. The van der Waals surface area contributed by atoms with E-state index in [9.17, 15) is 18.8 Å². The summed E-state index contributed by atoms with van der Waals surface area (Å²) < 4.78 is 39.0. The van der Waals surface area contributed by atoms with Gasteiger partial charge in [0.05, 0.1) is 36.0 Å². The fourth-order valence-corrected chi connectivity index (χ4v) is 5.14. The van der Waals surface area contributed by atoms with Crippen molar-refractivity contribution in [2.45, 2.75) is 57.8 Å². The van der Waals surface area contributed by atoms with E-state index >= 15 is 0 Å². The van der Waals surface area contributed by atoms with Crippen LogP contribution in [0.15, 0.2) is 42.5 Å². The fraction of sp³-hybridized carbons (Fsp3) is 0.500. The van der Waals surface area contributed by atoms with Crippen LogP contribution >= 0.6 is 0 Å². The molecular formula is C28H33F2N3O3. The summed E-state index contributed by atoms with van der Waals surface area (Å²) in [6.07, 6.45) is -1.70. The lowest BCUT2D eigenvalue weighted by atomic mass is 9.87. The number of benzene rings is 2. The highest BCUT2D eigenvalue weighted by Crippen LogP contribution is 2.38. The van der Waals surface area contributed by atoms with Crippen molar-refractivity contribution in [3.05, 3.63) is 64.7 Å². The van der Waals surface area contributed by atoms with Crippen molar-refractivity contribution in [1.82, 2.24) is 9.80 Å². The lowest BCUT2D eigenvalue weighted by Crippen LogP contribution is -2.58. The highest BCUT2D eigenvalue weighted by molar-refractivity contribution is 5.94. The summed E-state index contributed by atoms with van der Waals surface area (Å²) in [4.78, 5) is 16.8. The van der Waals surface area contributed by atoms with Gasteiger partial charge in [-0.2, -0.15) is 5.26 Å². The van der Waals surface area contributed by atoms with Crippen molar-refractivity contribution in [3.8, 4) is 11.8 Å². The van der Waals surface area contributed by atoms with Crippen molar-refractivity contribution in [2.75, 3.05) is 32.7 Å². The Bertz CT molecular complexity index is 1120. The van der Waals surface area contributed by atoms with E-state index < -0.39 is 18.1 Å². The predicted octanol–water partition coefficient (Wildman–Crippen LogP) is 4.97. The van der Waals surface area contributed by atoms with Crippen LogP contribution in [0.3, 0.4) is 0 Å². The molecule has 2 fully saturated rings. The van der Waals surface area contributed by atoms with Crippen molar-refractivity contribution in [1.29, 1.82) is 5.26 Å². The third-order valence-corrected chi connectivity index (χ3v) is 6.86. The van der Waals surface area contributed by atoms with E-state index in [0.29, 0.717) is 50.1 Å². The molecule has 36 heavy (non-hydrogen) atoms. The van der Waals surface area contributed by atoms with E-state index in [4.69, 9.17) is 9.47 Å². The topological polar surface area (TPSA) is 65.8 Å². The number of carbonyl (C=O) groups is 1. The zero-order valence-electron chi connectivity index (χ0n) is 21.0. The first-order valence-corrected chi connectivity index (χ1v) is 12.4. The van der Waals surface area contributed by atoms with Gasteiger partial charge >= 0.3 is 0 Å². The second-order valence-electron chi connectivity index (χ2n) is 10.1. The molecule has 0 bridgehead atoms. The summed E-state index contributed by atoms with van der Waals surface area (Å²) in [6, 6.07) is 14.7. The first-order chi connectivity index (χ1) is 17.2. The number of nitrogens with zero attached hydrogens (tertiary/aromatic N) is 3. The number of hydrogen-bond acceptors (Lipinski definition) is 5. The summed E-state index contributed by atoms with van der Waals surface area (Å²) in [7, 11) is 0. The molecule has 2 aromatic carbocycles. The normalized spacial score (nSPS) is 20.1. The Kier molecular flexibility index (Phi) is 7.91. The van der Waals surface area contributed by atoms with Crippen LogP contribution in [0.2, 0.25) is 0 Å². The van der Waals surface area contributed by atoms with Crippen LogP contribution in [0.4, 0.5) is 8.78 Å². The van der Waals surface area contributed by atoms with Gasteiger partial charge in [-0.1, -0.05) is 12.1 Å². The van der Waals surface area contributed by atoms with Crippen LogP contribution in [0.25, 0.3) is 0 Å². The number of morpholine rings is 1. The van der Waals surface area contributed by atoms with Crippen molar-refractivity contribution in [2.24, 2.45) is 0 Å². The Morgan fingerprint density at radius 3 is 2.61 bits per heavy atom. The van der Waals surface area contributed by atoms with Gasteiger partial charge in [0.15, 0.2) is 0 Å². The van der Waals surface area contributed by atoms with E-state index in [1.54, 1.807) is 29.2 Å². The number of piperidine rings is 1. The Morgan fingerprint density at radius 2 is 1.97 bits per heavy atom. The van der Waals surface area contributed by atoms with Gasteiger partial charge in [-0.3, -0.25) is 9.69 Å². The molecule has 192 valence electrons. The van der Waals surface area contributed by atoms with E-state index in [1.807, 2.05) is 43.9 Å². The molecule has 2 aliphatic rings. The smallest absolute Gasteiger partial charge is 0.253 e. The molecule has 4 rings (SSSR count). The Balaban J connectivity index is 1.47. The summed E-state index contributed by atoms with van der Waals surface area (Å²) in [5.41, 5.74) is 2.21. The van der Waals surface area contributed by atoms with Crippen LogP contribution in [-0.4, -0.2) is 66.6 Å². The van der Waals surface area contributed by atoms with Crippen molar-refractivity contribution >= 4 is 5.91 Å². The second-order valence-corrected chi connectivity index (χ2v) is 10.1. The first-order valence-electron chi connectivity index (χ1n) is 12.4. The number of hydrogen-bond donors (Lipinski definition) is 0. The zero-order chi connectivity index (χ0) is 25.9. The molecule has 2 aromatic rings. The van der Waals surface area contributed by atoms with Crippen LogP contribution in [-0.2, 0) is 4.74 Å². The van der Waals surface area contributed by atoms with Gasteiger partial charge in [-0.25, -0.2) is 8.78 Å². The predicted molar refractivity (Wildman–Crippen MR) is 132 cm³/mol. The fourth-order valence-electron chi connectivity index (χ4n) is 5.14. The lowest BCUT2D eigenvalue weighted by Gasteiger charge is -2.50. The SMILES string of the molecule is Cc1cc(C(=O)N2CCC3(CC2)CN(CC(F)F)CC(c2cccc(C#N)c2)O3)ccc1OC(C)C. The van der Waals surface area contributed by atoms with Gasteiger partial charge < -0.3 is 14.4 Å². The average Bonchev–Trinajstić information content (AvgIpc) is 2.84. The lowest BCUT2D eigenvalue weighted by molar-refractivity contribution is -0.180. The molecular weight excluding hydrogens is 464 g/mol.